The van der Waals surface area contributed by atoms with Gasteiger partial charge in [-0.2, -0.15) is 13.2 Å². The molecule has 0 aromatic heterocycles. The molecule has 2 nitrogen and oxygen atoms in total. The van der Waals surface area contributed by atoms with Gasteiger partial charge >= 0.3 is 6.18 Å². The fourth-order valence-electron chi connectivity index (χ4n) is 2.53. The number of hydrogen-bond donors (Lipinski definition) is 1. The molecule has 0 radical (unpaired) electrons. The molecule has 108 valence electrons. The summed E-state index contributed by atoms with van der Waals surface area (Å²) in [7, 11) is 0. The number of nitrogens with zero attached hydrogens (tertiary/aromatic N) is 1. The maximum absolute atomic E-state index is 12.6. The van der Waals surface area contributed by atoms with Crippen molar-refractivity contribution in [1.82, 2.24) is 10.2 Å². The minimum atomic E-state index is -4.03. The van der Waals surface area contributed by atoms with Crippen molar-refractivity contribution < 1.29 is 13.2 Å². The lowest BCUT2D eigenvalue weighted by molar-refractivity contribution is -0.186. The molecule has 1 N–H and O–H groups in total. The first-order valence-electron chi connectivity index (χ1n) is 6.99. The van der Waals surface area contributed by atoms with Crippen LogP contribution in [0.15, 0.2) is 0 Å². The van der Waals surface area contributed by atoms with Crippen LogP contribution in [0, 0.1) is 5.92 Å². The zero-order chi connectivity index (χ0) is 13.6. The third-order valence-corrected chi connectivity index (χ3v) is 3.82. The number of hydrogen-bond acceptors (Lipinski definition) is 2. The summed E-state index contributed by atoms with van der Waals surface area (Å²) in [6, 6.07) is 0.494. The maximum atomic E-state index is 12.6. The van der Waals surface area contributed by atoms with Gasteiger partial charge in [-0.3, -0.25) is 0 Å². The fourth-order valence-corrected chi connectivity index (χ4v) is 2.53. The molecule has 0 amide bonds. The Labute approximate surface area is 108 Å². The fraction of sp³-hybridized carbons (Fsp3) is 1.00. The highest BCUT2D eigenvalue weighted by atomic mass is 19.4. The average molecular weight is 266 g/mol. The van der Waals surface area contributed by atoms with Crippen LogP contribution >= 0.6 is 0 Å². The predicted octanol–water partition coefficient (Wildman–Crippen LogP) is 3.04. The summed E-state index contributed by atoms with van der Waals surface area (Å²) in [5.74, 6) is -1.13. The van der Waals surface area contributed by atoms with E-state index in [0.29, 0.717) is 18.9 Å². The van der Waals surface area contributed by atoms with Crippen LogP contribution < -0.4 is 5.32 Å². The first-order valence-corrected chi connectivity index (χ1v) is 6.99. The van der Waals surface area contributed by atoms with Gasteiger partial charge in [0.05, 0.1) is 5.92 Å². The number of nitrogens with one attached hydrogen (secondary N) is 1. The van der Waals surface area contributed by atoms with Crippen LogP contribution in [0.3, 0.4) is 0 Å². The van der Waals surface area contributed by atoms with Crippen LogP contribution in [0.1, 0.15) is 39.5 Å². The third kappa shape index (κ3) is 5.14. The number of rotatable bonds is 6. The van der Waals surface area contributed by atoms with Gasteiger partial charge < -0.3 is 10.2 Å². The van der Waals surface area contributed by atoms with Gasteiger partial charge in [0.15, 0.2) is 0 Å². The SMILES string of the molecule is CCC(CC)NCCN1CCCC(C(F)(F)F)C1. The Morgan fingerprint density at radius 3 is 2.50 bits per heavy atom. The lowest BCUT2D eigenvalue weighted by atomic mass is 9.97. The first-order chi connectivity index (χ1) is 8.47. The zero-order valence-electron chi connectivity index (χ0n) is 11.4. The molecule has 0 spiro atoms. The molecule has 1 fully saturated rings. The number of alkyl halides is 3. The molecule has 1 unspecified atom stereocenters. The minimum Gasteiger partial charge on any atom is -0.313 e. The van der Waals surface area contributed by atoms with Gasteiger partial charge in [-0.15, -0.1) is 0 Å². The molecule has 1 atom stereocenters. The van der Waals surface area contributed by atoms with E-state index in [9.17, 15) is 13.2 Å². The van der Waals surface area contributed by atoms with Crippen molar-refractivity contribution in [3.8, 4) is 0 Å². The Balaban J connectivity index is 2.26. The van der Waals surface area contributed by atoms with Crippen molar-refractivity contribution in [3.05, 3.63) is 0 Å². The van der Waals surface area contributed by atoms with Gasteiger partial charge in [0, 0.05) is 25.7 Å². The van der Waals surface area contributed by atoms with E-state index in [-0.39, 0.29) is 6.54 Å². The Bertz CT molecular complexity index is 227. The van der Waals surface area contributed by atoms with E-state index in [4.69, 9.17) is 0 Å². The van der Waals surface area contributed by atoms with Crippen LogP contribution in [-0.4, -0.2) is 43.3 Å². The minimum absolute atomic E-state index is 0.175. The second kappa shape index (κ2) is 7.34. The van der Waals surface area contributed by atoms with Gasteiger partial charge in [0.25, 0.3) is 0 Å². The number of piperidine rings is 1. The summed E-state index contributed by atoms with van der Waals surface area (Å²) in [4.78, 5) is 1.94. The Morgan fingerprint density at radius 1 is 1.28 bits per heavy atom. The van der Waals surface area contributed by atoms with Gasteiger partial charge in [-0.05, 0) is 32.2 Å². The molecule has 1 aliphatic rings. The largest absolute Gasteiger partial charge is 0.393 e. The van der Waals surface area contributed by atoms with Crippen molar-refractivity contribution in [1.29, 1.82) is 0 Å². The Morgan fingerprint density at radius 2 is 1.94 bits per heavy atom. The predicted molar refractivity (Wildman–Crippen MR) is 67.6 cm³/mol. The Hall–Kier alpha value is -0.290. The summed E-state index contributed by atoms with van der Waals surface area (Å²) in [5.41, 5.74) is 0. The molecule has 1 rings (SSSR count). The van der Waals surface area contributed by atoms with Gasteiger partial charge in [0.1, 0.15) is 0 Å². The van der Waals surface area contributed by atoms with E-state index < -0.39 is 12.1 Å². The highest BCUT2D eigenvalue weighted by Crippen LogP contribution is 2.32. The van der Waals surface area contributed by atoms with E-state index in [1.165, 1.54) is 0 Å². The smallest absolute Gasteiger partial charge is 0.313 e. The topological polar surface area (TPSA) is 15.3 Å². The van der Waals surface area contributed by atoms with Crippen molar-refractivity contribution in [2.75, 3.05) is 26.2 Å². The highest BCUT2D eigenvalue weighted by molar-refractivity contribution is 4.78. The molecular formula is C13H25F3N2. The van der Waals surface area contributed by atoms with Crippen LogP contribution in [0.4, 0.5) is 13.2 Å². The molecule has 0 saturated carbocycles. The van der Waals surface area contributed by atoms with Gasteiger partial charge in [-0.1, -0.05) is 13.8 Å². The molecule has 18 heavy (non-hydrogen) atoms. The highest BCUT2D eigenvalue weighted by Gasteiger charge is 2.41. The van der Waals surface area contributed by atoms with Crippen molar-refractivity contribution in [2.45, 2.75) is 51.7 Å². The van der Waals surface area contributed by atoms with Crippen molar-refractivity contribution >= 4 is 0 Å². The summed E-state index contributed by atoms with van der Waals surface area (Å²) in [6.45, 7) is 6.74. The zero-order valence-corrected chi connectivity index (χ0v) is 11.4. The molecule has 5 heteroatoms. The van der Waals surface area contributed by atoms with E-state index >= 15 is 0 Å². The molecule has 1 aliphatic heterocycles. The molecule has 0 aromatic rings. The van der Waals surface area contributed by atoms with E-state index in [1.807, 2.05) is 4.90 Å². The van der Waals surface area contributed by atoms with Gasteiger partial charge in [0.2, 0.25) is 0 Å². The quantitative estimate of drug-likeness (QED) is 0.795. The monoisotopic (exact) mass is 266 g/mol. The first kappa shape index (κ1) is 15.8. The lowest BCUT2D eigenvalue weighted by Crippen LogP contribution is -2.45. The molecule has 0 aromatic carbocycles. The molecule has 1 heterocycles. The molecule has 0 aliphatic carbocycles. The van der Waals surface area contributed by atoms with Crippen molar-refractivity contribution in [3.63, 3.8) is 0 Å². The standard InChI is InChI=1S/C13H25F3N2/c1-3-12(4-2)17-7-9-18-8-5-6-11(10-18)13(14,15)16/h11-12,17H,3-10H2,1-2H3. The molecule has 0 bridgehead atoms. The van der Waals surface area contributed by atoms with E-state index in [0.717, 1.165) is 32.5 Å². The van der Waals surface area contributed by atoms with Crippen LogP contribution in [-0.2, 0) is 0 Å². The van der Waals surface area contributed by atoms with Gasteiger partial charge in [-0.25, -0.2) is 0 Å². The Kier molecular flexibility index (Phi) is 6.43. The second-order valence-corrected chi connectivity index (χ2v) is 5.15. The van der Waals surface area contributed by atoms with E-state index in [2.05, 4.69) is 19.2 Å². The maximum Gasteiger partial charge on any atom is 0.393 e. The normalized spacial score (nSPS) is 22.7. The number of halogens is 3. The second-order valence-electron chi connectivity index (χ2n) is 5.15. The lowest BCUT2D eigenvalue weighted by Gasteiger charge is -2.34. The summed E-state index contributed by atoms with van der Waals surface area (Å²) >= 11 is 0. The summed E-state index contributed by atoms with van der Waals surface area (Å²) in [6.07, 6.45) is -0.931. The van der Waals surface area contributed by atoms with Crippen LogP contribution in [0.25, 0.3) is 0 Å². The number of likely N-dealkylation sites (tertiary alicyclic amines) is 1. The average Bonchev–Trinajstić information content (AvgIpc) is 2.34. The molecule has 1 saturated heterocycles. The van der Waals surface area contributed by atoms with Crippen LogP contribution in [0.5, 0.6) is 0 Å². The molecular weight excluding hydrogens is 241 g/mol. The summed E-state index contributed by atoms with van der Waals surface area (Å²) < 4.78 is 37.9. The van der Waals surface area contributed by atoms with Crippen LogP contribution in [0.2, 0.25) is 0 Å². The van der Waals surface area contributed by atoms with Crippen molar-refractivity contribution in [2.24, 2.45) is 5.92 Å². The third-order valence-electron chi connectivity index (χ3n) is 3.82. The van der Waals surface area contributed by atoms with E-state index in [1.54, 1.807) is 0 Å². The summed E-state index contributed by atoms with van der Waals surface area (Å²) in [5, 5.41) is 3.40.